The van der Waals surface area contributed by atoms with Gasteiger partial charge in [0.15, 0.2) is 0 Å². The Balaban J connectivity index is 1.53. The van der Waals surface area contributed by atoms with Gasteiger partial charge in [-0.2, -0.15) is 4.31 Å². The number of anilines is 1. The summed E-state index contributed by atoms with van der Waals surface area (Å²) in [5.41, 5.74) is 0.0173. The highest BCUT2D eigenvalue weighted by atomic mass is 32.2. The van der Waals surface area contributed by atoms with Crippen molar-refractivity contribution in [3.05, 3.63) is 58.8 Å². The van der Waals surface area contributed by atoms with E-state index in [2.05, 4.69) is 4.98 Å². The first-order valence-electron chi connectivity index (χ1n) is 10.9. The van der Waals surface area contributed by atoms with Gasteiger partial charge in [0.2, 0.25) is 15.8 Å². The average Bonchev–Trinajstić information content (AvgIpc) is 3.06. The molecule has 1 atom stereocenters. The maximum Gasteiger partial charge on any atom is 0.311 e. The van der Waals surface area contributed by atoms with Crippen molar-refractivity contribution in [2.24, 2.45) is 5.92 Å². The van der Waals surface area contributed by atoms with Crippen LogP contribution in [0.3, 0.4) is 0 Å². The van der Waals surface area contributed by atoms with Crippen molar-refractivity contribution >= 4 is 21.5 Å². The van der Waals surface area contributed by atoms with E-state index in [1.165, 1.54) is 6.07 Å². The van der Waals surface area contributed by atoms with E-state index in [0.717, 1.165) is 38.5 Å². The molecule has 166 valence electrons. The van der Waals surface area contributed by atoms with Gasteiger partial charge in [-0.25, -0.2) is 13.4 Å². The maximum absolute atomic E-state index is 13.4. The third kappa shape index (κ3) is 4.57. The Morgan fingerprint density at radius 2 is 1.68 bits per heavy atom. The van der Waals surface area contributed by atoms with Crippen molar-refractivity contribution in [3.8, 4) is 0 Å². The molecule has 2 aromatic rings. The zero-order valence-electron chi connectivity index (χ0n) is 17.5. The maximum atomic E-state index is 13.4. The largest absolute Gasteiger partial charge is 0.351 e. The molecule has 1 aromatic carbocycles. The van der Waals surface area contributed by atoms with Gasteiger partial charge in [0.05, 0.1) is 9.82 Å². The second-order valence-electron chi connectivity index (χ2n) is 8.27. The van der Waals surface area contributed by atoms with E-state index in [-0.39, 0.29) is 17.6 Å². The van der Waals surface area contributed by atoms with Gasteiger partial charge >= 0.3 is 5.69 Å². The number of sulfonamides is 1. The monoisotopic (exact) mass is 444 g/mol. The molecule has 9 heteroatoms. The fraction of sp³-hybridized carbons (Fsp3) is 0.500. The molecule has 2 aliphatic heterocycles. The molecular weight excluding hydrogens is 416 g/mol. The van der Waals surface area contributed by atoms with E-state index in [4.69, 9.17) is 0 Å². The van der Waals surface area contributed by atoms with Crippen LogP contribution in [0, 0.1) is 16.0 Å². The quantitative estimate of drug-likeness (QED) is 0.513. The minimum absolute atomic E-state index is 0.0173. The molecule has 0 saturated carbocycles. The predicted octanol–water partition coefficient (Wildman–Crippen LogP) is 3.84. The highest BCUT2D eigenvalue weighted by molar-refractivity contribution is 7.89. The molecule has 0 radical (unpaired) electrons. The molecule has 3 heterocycles. The van der Waals surface area contributed by atoms with Crippen LogP contribution in [0.2, 0.25) is 0 Å². The van der Waals surface area contributed by atoms with Crippen molar-refractivity contribution < 1.29 is 13.3 Å². The van der Waals surface area contributed by atoms with Gasteiger partial charge < -0.3 is 4.90 Å². The molecule has 1 unspecified atom stereocenters. The summed E-state index contributed by atoms with van der Waals surface area (Å²) < 4.78 is 28.6. The molecule has 0 spiro atoms. The summed E-state index contributed by atoms with van der Waals surface area (Å²) in [6, 6.07) is 11.7. The Morgan fingerprint density at radius 3 is 2.39 bits per heavy atom. The van der Waals surface area contributed by atoms with Gasteiger partial charge in [-0.3, -0.25) is 10.1 Å². The standard InChI is InChI=1S/C22H28N4O4S/c27-26(28)21-11-7-14-23-22(21)24-16-12-18(13-17-24)20-10-5-2-6-15-25(20)31(29,30)19-8-3-1-4-9-19/h1,3-4,7-9,11,14,18,20H,2,5-6,10,12-13,15-17H2. The van der Waals surface area contributed by atoms with Crippen LogP contribution in [-0.2, 0) is 10.0 Å². The van der Waals surface area contributed by atoms with E-state index < -0.39 is 14.9 Å². The van der Waals surface area contributed by atoms with Gasteiger partial charge in [0.1, 0.15) is 0 Å². The molecule has 2 fully saturated rings. The van der Waals surface area contributed by atoms with Gasteiger partial charge in [-0.15, -0.1) is 0 Å². The second kappa shape index (κ2) is 9.32. The molecular formula is C22H28N4O4S. The summed E-state index contributed by atoms with van der Waals surface area (Å²) in [4.78, 5) is 17.5. The lowest BCUT2D eigenvalue weighted by Gasteiger charge is -2.40. The van der Waals surface area contributed by atoms with Crippen LogP contribution in [-0.4, -0.2) is 48.3 Å². The average molecular weight is 445 g/mol. The summed E-state index contributed by atoms with van der Waals surface area (Å²) in [7, 11) is -3.55. The summed E-state index contributed by atoms with van der Waals surface area (Å²) in [6.07, 6.45) is 6.96. The topological polar surface area (TPSA) is 96.7 Å². The van der Waals surface area contributed by atoms with Crippen LogP contribution in [0.4, 0.5) is 11.5 Å². The van der Waals surface area contributed by atoms with E-state index >= 15 is 0 Å². The van der Waals surface area contributed by atoms with Gasteiger partial charge in [0.25, 0.3) is 0 Å². The first-order chi connectivity index (χ1) is 15.0. The molecule has 2 aliphatic rings. The van der Waals surface area contributed by atoms with Crippen molar-refractivity contribution in [2.45, 2.75) is 49.5 Å². The first-order valence-corrected chi connectivity index (χ1v) is 12.3. The lowest BCUT2D eigenvalue weighted by atomic mass is 9.87. The summed E-state index contributed by atoms with van der Waals surface area (Å²) in [5, 5.41) is 11.4. The molecule has 4 rings (SSSR count). The van der Waals surface area contributed by atoms with Crippen molar-refractivity contribution in [1.82, 2.24) is 9.29 Å². The second-order valence-corrected chi connectivity index (χ2v) is 10.2. The molecule has 0 aliphatic carbocycles. The number of piperidine rings is 1. The Hall–Kier alpha value is -2.52. The van der Waals surface area contributed by atoms with E-state index in [1.54, 1.807) is 40.8 Å². The van der Waals surface area contributed by atoms with Crippen molar-refractivity contribution in [2.75, 3.05) is 24.5 Å². The zero-order valence-corrected chi connectivity index (χ0v) is 18.3. The predicted molar refractivity (Wildman–Crippen MR) is 118 cm³/mol. The minimum atomic E-state index is -3.55. The van der Waals surface area contributed by atoms with Gasteiger partial charge in [0, 0.05) is 37.9 Å². The van der Waals surface area contributed by atoms with Gasteiger partial charge in [-0.1, -0.05) is 31.0 Å². The number of aromatic nitrogens is 1. The first kappa shape index (κ1) is 21.7. The number of benzene rings is 1. The third-order valence-corrected chi connectivity index (χ3v) is 8.38. The zero-order chi connectivity index (χ0) is 21.8. The Kier molecular flexibility index (Phi) is 6.52. The Bertz CT molecular complexity index is 1010. The van der Waals surface area contributed by atoms with Crippen LogP contribution >= 0.6 is 0 Å². The van der Waals surface area contributed by atoms with E-state index in [0.29, 0.717) is 30.3 Å². The lowest BCUT2D eigenvalue weighted by molar-refractivity contribution is -0.384. The molecule has 0 amide bonds. The normalized spacial score (nSPS) is 21.5. The fourth-order valence-corrected chi connectivity index (χ4v) is 6.65. The van der Waals surface area contributed by atoms with Crippen LogP contribution in [0.25, 0.3) is 0 Å². The molecule has 0 bridgehead atoms. The summed E-state index contributed by atoms with van der Waals surface area (Å²) >= 11 is 0. The number of pyridine rings is 1. The minimum Gasteiger partial charge on any atom is -0.351 e. The summed E-state index contributed by atoms with van der Waals surface area (Å²) in [5.74, 6) is 0.635. The summed E-state index contributed by atoms with van der Waals surface area (Å²) in [6.45, 7) is 1.82. The number of nitro groups is 1. The Labute approximate surface area is 183 Å². The SMILES string of the molecule is O=[N+]([O-])c1cccnc1N1CCC(C2CCCCCN2S(=O)(=O)c2ccccc2)CC1. The third-order valence-electron chi connectivity index (χ3n) is 6.44. The van der Waals surface area contributed by atoms with Crippen molar-refractivity contribution in [1.29, 1.82) is 0 Å². The fourth-order valence-electron chi connectivity index (χ4n) is 4.88. The van der Waals surface area contributed by atoms with Crippen LogP contribution in [0.1, 0.15) is 38.5 Å². The van der Waals surface area contributed by atoms with Crippen molar-refractivity contribution in [3.63, 3.8) is 0 Å². The highest BCUT2D eigenvalue weighted by Crippen LogP contribution is 2.35. The number of rotatable bonds is 5. The lowest BCUT2D eigenvalue weighted by Crippen LogP contribution is -2.48. The highest BCUT2D eigenvalue weighted by Gasteiger charge is 2.38. The molecule has 0 N–H and O–H groups in total. The molecule has 8 nitrogen and oxygen atoms in total. The van der Waals surface area contributed by atoms with Crippen LogP contribution < -0.4 is 4.90 Å². The number of hydrogen-bond donors (Lipinski definition) is 0. The smallest absolute Gasteiger partial charge is 0.311 e. The Morgan fingerprint density at radius 1 is 0.935 bits per heavy atom. The molecule has 1 aromatic heterocycles. The van der Waals surface area contributed by atoms with E-state index in [9.17, 15) is 18.5 Å². The molecule has 31 heavy (non-hydrogen) atoms. The number of hydrogen-bond acceptors (Lipinski definition) is 6. The van der Waals surface area contributed by atoms with E-state index in [1.807, 2.05) is 11.0 Å². The van der Waals surface area contributed by atoms with Crippen LogP contribution in [0.5, 0.6) is 0 Å². The van der Waals surface area contributed by atoms with Gasteiger partial charge in [-0.05, 0) is 49.8 Å². The number of nitrogens with zero attached hydrogens (tertiary/aromatic N) is 4. The molecule has 2 saturated heterocycles. The van der Waals surface area contributed by atoms with Crippen LogP contribution in [0.15, 0.2) is 53.6 Å².